The fourth-order valence-electron chi connectivity index (χ4n) is 4.79. The van der Waals surface area contributed by atoms with E-state index in [1.165, 1.54) is 48.8 Å². The van der Waals surface area contributed by atoms with Crippen LogP contribution < -0.4 is 4.74 Å². The second-order valence-electron chi connectivity index (χ2n) is 10.2. The number of carbonyl (C=O) groups is 1. The van der Waals surface area contributed by atoms with Crippen LogP contribution in [-0.2, 0) is 16.8 Å². The summed E-state index contributed by atoms with van der Waals surface area (Å²) >= 11 is 0. The number of rotatable bonds is 10. The summed E-state index contributed by atoms with van der Waals surface area (Å²) in [6.07, 6.45) is 8.66. The average Bonchev–Trinajstić information content (AvgIpc) is 2.78. The molecule has 2 aromatic rings. The van der Waals surface area contributed by atoms with Crippen molar-refractivity contribution in [3.05, 3.63) is 76.9 Å². The van der Waals surface area contributed by atoms with Crippen LogP contribution >= 0.6 is 0 Å². The molecule has 3 rings (SSSR count). The molecule has 0 amide bonds. The minimum Gasteiger partial charge on any atom is -0.489 e. The van der Waals surface area contributed by atoms with E-state index in [0.717, 1.165) is 11.3 Å². The van der Waals surface area contributed by atoms with E-state index < -0.39 is 0 Å². The Labute approximate surface area is 195 Å². The highest BCUT2D eigenvalue weighted by Gasteiger charge is 2.31. The molecule has 172 valence electrons. The summed E-state index contributed by atoms with van der Waals surface area (Å²) in [6, 6.07) is 17.1. The maximum atomic E-state index is 12.4. The van der Waals surface area contributed by atoms with E-state index in [2.05, 4.69) is 65.0 Å². The number of carbonyl (C=O) groups excluding carboxylic acids is 1. The number of hydrogen-bond acceptors (Lipinski definition) is 2. The highest BCUT2D eigenvalue weighted by atomic mass is 16.5. The Morgan fingerprint density at radius 3 is 2.50 bits per heavy atom. The zero-order valence-electron chi connectivity index (χ0n) is 20.6. The molecule has 0 fully saturated rings. The number of ketones is 1. The molecule has 0 aliphatic heterocycles. The van der Waals surface area contributed by atoms with E-state index >= 15 is 0 Å². The molecule has 1 aliphatic rings. The molecule has 2 heteroatoms. The lowest BCUT2D eigenvalue weighted by Gasteiger charge is -2.31. The van der Waals surface area contributed by atoms with Crippen LogP contribution in [0.4, 0.5) is 0 Å². The van der Waals surface area contributed by atoms with E-state index in [9.17, 15) is 4.79 Å². The van der Waals surface area contributed by atoms with Crippen molar-refractivity contribution in [1.82, 2.24) is 0 Å². The van der Waals surface area contributed by atoms with Gasteiger partial charge in [-0.2, -0.15) is 0 Å². The fourth-order valence-corrected chi connectivity index (χ4v) is 4.79. The Morgan fingerprint density at radius 1 is 1.03 bits per heavy atom. The smallest absolute Gasteiger partial charge is 0.156 e. The van der Waals surface area contributed by atoms with Gasteiger partial charge in [0.05, 0.1) is 0 Å². The van der Waals surface area contributed by atoms with Gasteiger partial charge in [-0.1, -0.05) is 101 Å². The molecule has 1 aliphatic carbocycles. The first-order valence-electron chi connectivity index (χ1n) is 12.3. The zero-order chi connectivity index (χ0) is 23.1. The van der Waals surface area contributed by atoms with Gasteiger partial charge in [0.15, 0.2) is 5.78 Å². The van der Waals surface area contributed by atoms with Crippen LogP contribution in [0.3, 0.4) is 0 Å². The maximum absolute atomic E-state index is 12.4. The van der Waals surface area contributed by atoms with Crippen molar-refractivity contribution in [2.45, 2.75) is 91.1 Å². The third-order valence-electron chi connectivity index (χ3n) is 7.22. The molecule has 0 heterocycles. The number of allylic oxidation sites excluding steroid dienone is 2. The molecule has 2 nitrogen and oxygen atoms in total. The first kappa shape index (κ1) is 24.3. The Bertz CT molecular complexity index is 923. The van der Waals surface area contributed by atoms with Crippen molar-refractivity contribution in [2.24, 2.45) is 5.92 Å². The van der Waals surface area contributed by atoms with E-state index in [1.807, 2.05) is 24.3 Å². The standard InChI is InChI=1S/C30H40O2/c1-6-7-8-12-17-30(4,5)25-15-16-27(28-20-26(31)18-22(2)23(28)3)29(19-25)32-21-24-13-10-9-11-14-24/h9-11,13-16,18-19,23,28H,6-8,12,17,20-21H2,1-5H3. The number of hydrogen-bond donors (Lipinski definition) is 0. The van der Waals surface area contributed by atoms with Crippen molar-refractivity contribution in [1.29, 1.82) is 0 Å². The van der Waals surface area contributed by atoms with Crippen molar-refractivity contribution in [3.63, 3.8) is 0 Å². The number of ether oxygens (including phenoxy) is 1. The highest BCUT2D eigenvalue weighted by molar-refractivity contribution is 5.92. The van der Waals surface area contributed by atoms with Gasteiger partial charge in [0, 0.05) is 12.3 Å². The minimum atomic E-state index is 0.0982. The fraction of sp³-hybridized carbons (Fsp3) is 0.500. The lowest BCUT2D eigenvalue weighted by Crippen LogP contribution is -2.22. The molecule has 0 aromatic heterocycles. The SMILES string of the molecule is CCCCCCC(C)(C)c1ccc(C2CC(=O)C=C(C)C2C)c(OCc2ccccc2)c1. The number of benzene rings is 2. The van der Waals surface area contributed by atoms with Gasteiger partial charge >= 0.3 is 0 Å². The summed E-state index contributed by atoms with van der Waals surface area (Å²) in [7, 11) is 0. The van der Waals surface area contributed by atoms with Crippen LogP contribution in [0.2, 0.25) is 0 Å². The van der Waals surface area contributed by atoms with Crippen molar-refractivity contribution < 1.29 is 9.53 Å². The summed E-state index contributed by atoms with van der Waals surface area (Å²) < 4.78 is 6.44. The van der Waals surface area contributed by atoms with Gasteiger partial charge in [-0.15, -0.1) is 0 Å². The summed E-state index contributed by atoms with van der Waals surface area (Å²) in [6.45, 7) is 11.8. The first-order chi connectivity index (χ1) is 15.3. The van der Waals surface area contributed by atoms with Crippen molar-refractivity contribution >= 4 is 5.78 Å². The monoisotopic (exact) mass is 432 g/mol. The zero-order valence-corrected chi connectivity index (χ0v) is 20.6. The highest BCUT2D eigenvalue weighted by Crippen LogP contribution is 2.43. The Kier molecular flexibility index (Phi) is 8.34. The Morgan fingerprint density at radius 2 is 1.78 bits per heavy atom. The van der Waals surface area contributed by atoms with Crippen molar-refractivity contribution in [2.75, 3.05) is 0 Å². The first-order valence-corrected chi connectivity index (χ1v) is 12.3. The lowest BCUT2D eigenvalue weighted by atomic mass is 9.74. The molecule has 0 spiro atoms. The largest absolute Gasteiger partial charge is 0.489 e. The predicted molar refractivity (Wildman–Crippen MR) is 134 cm³/mol. The summed E-state index contributed by atoms with van der Waals surface area (Å²) in [5.41, 5.74) is 4.91. The van der Waals surface area contributed by atoms with Gasteiger partial charge in [0.25, 0.3) is 0 Å². The quantitative estimate of drug-likeness (QED) is 0.354. The second kappa shape index (κ2) is 11.0. The molecular formula is C30H40O2. The molecule has 0 N–H and O–H groups in total. The second-order valence-corrected chi connectivity index (χ2v) is 10.2. The van der Waals surface area contributed by atoms with E-state index in [1.54, 1.807) is 0 Å². The third-order valence-corrected chi connectivity index (χ3v) is 7.22. The lowest BCUT2D eigenvalue weighted by molar-refractivity contribution is -0.115. The van der Waals surface area contributed by atoms with Crippen LogP contribution in [0.15, 0.2) is 60.2 Å². The summed E-state index contributed by atoms with van der Waals surface area (Å²) in [4.78, 5) is 12.4. The van der Waals surface area contributed by atoms with Gasteiger partial charge < -0.3 is 4.74 Å². The van der Waals surface area contributed by atoms with Gasteiger partial charge in [-0.3, -0.25) is 4.79 Å². The summed E-state index contributed by atoms with van der Waals surface area (Å²) in [5.74, 6) is 1.66. The Balaban J connectivity index is 1.90. The van der Waals surface area contributed by atoms with E-state index in [0.29, 0.717) is 18.9 Å². The molecule has 2 unspecified atom stereocenters. The van der Waals surface area contributed by atoms with Gasteiger partial charge in [0.2, 0.25) is 0 Å². The molecule has 0 saturated heterocycles. The molecule has 32 heavy (non-hydrogen) atoms. The van der Waals surface area contributed by atoms with Crippen molar-refractivity contribution in [3.8, 4) is 5.75 Å². The van der Waals surface area contributed by atoms with Gasteiger partial charge in [-0.25, -0.2) is 0 Å². The maximum Gasteiger partial charge on any atom is 0.156 e. The van der Waals surface area contributed by atoms with Gasteiger partial charge in [0.1, 0.15) is 12.4 Å². The van der Waals surface area contributed by atoms with Crippen LogP contribution in [0.5, 0.6) is 5.75 Å². The third kappa shape index (κ3) is 6.12. The van der Waals surface area contributed by atoms with Gasteiger partial charge in [-0.05, 0) is 53.5 Å². The van der Waals surface area contributed by atoms with Crippen LogP contribution in [0.1, 0.15) is 95.8 Å². The van der Waals surface area contributed by atoms with Crippen LogP contribution in [-0.4, -0.2) is 5.78 Å². The molecule has 0 saturated carbocycles. The number of unbranched alkanes of at least 4 members (excludes halogenated alkanes) is 3. The molecule has 0 bridgehead atoms. The Hall–Kier alpha value is -2.35. The normalized spacial score (nSPS) is 19.0. The molecule has 0 radical (unpaired) electrons. The topological polar surface area (TPSA) is 26.3 Å². The average molecular weight is 433 g/mol. The van der Waals surface area contributed by atoms with Crippen LogP contribution in [0.25, 0.3) is 0 Å². The minimum absolute atomic E-state index is 0.0982. The molecular weight excluding hydrogens is 392 g/mol. The van der Waals surface area contributed by atoms with E-state index in [4.69, 9.17) is 4.74 Å². The van der Waals surface area contributed by atoms with Crippen LogP contribution in [0, 0.1) is 5.92 Å². The molecule has 2 aromatic carbocycles. The predicted octanol–water partition coefficient (Wildman–Crippen LogP) is 8.15. The van der Waals surface area contributed by atoms with E-state index in [-0.39, 0.29) is 17.1 Å². The summed E-state index contributed by atoms with van der Waals surface area (Å²) in [5, 5.41) is 0. The molecule has 2 atom stereocenters.